The van der Waals surface area contributed by atoms with Crippen molar-refractivity contribution in [2.75, 3.05) is 0 Å². The number of allylic oxidation sites excluding steroid dienone is 20. The number of hydrogen-bond acceptors (Lipinski definition) is 6. The van der Waals surface area contributed by atoms with Crippen molar-refractivity contribution in [1.82, 2.24) is 0 Å². The maximum atomic E-state index is 12.2. The number of aliphatic hydroxyl groups excluding tert-OH is 2. The molecule has 0 bridgehead atoms. The van der Waals surface area contributed by atoms with E-state index in [0.717, 1.165) is 33.4 Å². The molecule has 0 fully saturated rings. The number of carbonyl (C=O) groups is 4. The molecule has 0 aliphatic heterocycles. The van der Waals surface area contributed by atoms with Crippen molar-refractivity contribution in [3.63, 3.8) is 0 Å². The predicted octanol–water partition coefficient (Wildman–Crippen LogP) is 10.4. The Morgan fingerprint density at radius 3 is 1.28 bits per heavy atom. The van der Waals surface area contributed by atoms with Crippen molar-refractivity contribution < 1.29 is 29.4 Å². The van der Waals surface area contributed by atoms with Gasteiger partial charge in [0.2, 0.25) is 10.5 Å². The van der Waals surface area contributed by atoms with E-state index in [0.29, 0.717) is 24.0 Å². The van der Waals surface area contributed by atoms with E-state index in [1.165, 1.54) is 0 Å². The monoisotopic (exact) mass is 764 g/mol. The maximum absolute atomic E-state index is 12.2. The minimum atomic E-state index is -0.907. The Balaban J connectivity index is 0.00000137. The van der Waals surface area contributed by atoms with Crippen molar-refractivity contribution in [3.8, 4) is 0 Å². The van der Waals surface area contributed by atoms with Crippen LogP contribution in [0, 0.1) is 16.7 Å². The first-order chi connectivity index (χ1) is 24.5. The molecule has 8 heteroatoms. The van der Waals surface area contributed by atoms with Crippen LogP contribution in [0.4, 0.5) is 0 Å². The molecule has 6 nitrogen and oxygen atoms in total. The minimum Gasteiger partial charge on any atom is -0.385 e. The van der Waals surface area contributed by atoms with Crippen molar-refractivity contribution in [2.24, 2.45) is 16.7 Å². The molecule has 2 aliphatic carbocycles. The average molecular weight is 766 g/mol. The van der Waals surface area contributed by atoms with Crippen molar-refractivity contribution in [2.45, 2.75) is 108 Å². The summed E-state index contributed by atoms with van der Waals surface area (Å²) in [5, 5.41) is 19.0. The zero-order valence-electron chi connectivity index (χ0n) is 33.2. The molecule has 0 amide bonds. The Morgan fingerprint density at radius 2 is 0.981 bits per heavy atom. The molecule has 0 saturated carbocycles. The van der Waals surface area contributed by atoms with E-state index in [4.69, 9.17) is 23.2 Å². The summed E-state index contributed by atoms with van der Waals surface area (Å²) in [7, 11) is 0. The van der Waals surface area contributed by atoms with Crippen LogP contribution in [0.15, 0.2) is 130 Å². The summed E-state index contributed by atoms with van der Waals surface area (Å²) in [6.45, 7) is 21.6. The molecule has 2 N–H and O–H groups in total. The lowest BCUT2D eigenvalue weighted by Gasteiger charge is -2.34. The zero-order valence-corrected chi connectivity index (χ0v) is 34.7. The Kier molecular flexibility index (Phi) is 19.5. The number of aliphatic hydroxyl groups is 2. The molecule has 2 rings (SSSR count). The van der Waals surface area contributed by atoms with Crippen LogP contribution in [0.1, 0.15) is 95.4 Å². The SMILES string of the molecule is CC(CC(=O)Cl)C(=O)Cl.CC1=C(/C=C/C(C)=C/C=C/C(C)=C/C=C/C=C(C)/C=C/C=C(C)/C=C/C2=C(C)C(=O)C(O)CC2(C)C)C(C)(C)CC(O)C1=O. The Labute approximate surface area is 327 Å². The molecule has 3 atom stereocenters. The minimum absolute atomic E-state index is 0.0177. The van der Waals surface area contributed by atoms with Gasteiger partial charge in [-0.2, -0.15) is 0 Å². The predicted molar refractivity (Wildman–Crippen MR) is 220 cm³/mol. The maximum Gasteiger partial charge on any atom is 0.224 e. The van der Waals surface area contributed by atoms with E-state index >= 15 is 0 Å². The van der Waals surface area contributed by atoms with Gasteiger partial charge in [0.25, 0.3) is 0 Å². The van der Waals surface area contributed by atoms with Gasteiger partial charge in [-0.15, -0.1) is 0 Å². The van der Waals surface area contributed by atoms with Gasteiger partial charge in [-0.1, -0.05) is 142 Å². The first kappa shape index (κ1) is 47.3. The fourth-order valence-corrected chi connectivity index (χ4v) is 6.25. The van der Waals surface area contributed by atoms with Crippen LogP contribution in [0.2, 0.25) is 0 Å². The molecule has 0 saturated heterocycles. The summed E-state index contributed by atoms with van der Waals surface area (Å²) in [5.74, 6) is -0.811. The molecule has 0 aromatic rings. The van der Waals surface area contributed by atoms with E-state index in [1.807, 2.05) is 74.6 Å². The second kappa shape index (κ2) is 21.9. The van der Waals surface area contributed by atoms with Crippen LogP contribution in [0.25, 0.3) is 0 Å². The zero-order chi connectivity index (χ0) is 40.7. The van der Waals surface area contributed by atoms with Crippen LogP contribution in [0.5, 0.6) is 0 Å². The summed E-state index contributed by atoms with van der Waals surface area (Å²) in [6, 6.07) is 0. The molecular formula is C45H58Cl2O6. The van der Waals surface area contributed by atoms with Gasteiger partial charge in [0, 0.05) is 12.3 Å². The standard InChI is InChI=1S/C40H52O4.C5H6Cl2O2/c1-27(17-13-19-29(3)21-23-33-31(5)37(43)35(41)25-39(33,7)8)15-11-12-16-28(2)18-14-20-30(4)22-24-34-32(6)38(44)36(42)26-40(34,9)10;1-3(5(7)9)2-4(6)8/h11-24,35-36,41-42H,25-26H2,1-10H3;3H,2H2,1H3/b12-11+,17-13+,18-14+,23-21+,24-22+,27-15+,28-16+,29-19+,30-20+;. The second-order valence-electron chi connectivity index (χ2n) is 15.2. The lowest BCUT2D eigenvalue weighted by molar-refractivity contribution is -0.126. The molecule has 288 valence electrons. The van der Waals surface area contributed by atoms with Gasteiger partial charge < -0.3 is 10.2 Å². The van der Waals surface area contributed by atoms with Crippen LogP contribution in [0.3, 0.4) is 0 Å². The highest BCUT2D eigenvalue weighted by atomic mass is 35.5. The van der Waals surface area contributed by atoms with Crippen molar-refractivity contribution >= 4 is 45.3 Å². The molecule has 0 spiro atoms. The number of ketones is 2. The fourth-order valence-electron chi connectivity index (χ4n) is 5.94. The second-order valence-corrected chi connectivity index (χ2v) is 16.0. The Bertz CT molecular complexity index is 1620. The van der Waals surface area contributed by atoms with Crippen LogP contribution in [-0.4, -0.2) is 44.5 Å². The summed E-state index contributed by atoms with van der Waals surface area (Å²) in [4.78, 5) is 44.8. The van der Waals surface area contributed by atoms with Gasteiger partial charge in [0.1, 0.15) is 12.2 Å². The molecule has 0 aromatic heterocycles. The van der Waals surface area contributed by atoms with E-state index in [2.05, 4.69) is 65.8 Å². The highest BCUT2D eigenvalue weighted by molar-refractivity contribution is 6.66. The highest BCUT2D eigenvalue weighted by Crippen LogP contribution is 2.40. The smallest absolute Gasteiger partial charge is 0.224 e. The Hall–Kier alpha value is -3.68. The van der Waals surface area contributed by atoms with Crippen LogP contribution >= 0.6 is 23.2 Å². The quantitative estimate of drug-likeness (QED) is 0.143. The van der Waals surface area contributed by atoms with Crippen LogP contribution < -0.4 is 0 Å². The van der Waals surface area contributed by atoms with Gasteiger partial charge in [-0.3, -0.25) is 19.2 Å². The third kappa shape index (κ3) is 16.5. The molecule has 0 radical (unpaired) electrons. The molecule has 53 heavy (non-hydrogen) atoms. The van der Waals surface area contributed by atoms with Crippen LogP contribution in [-0.2, 0) is 19.2 Å². The molecule has 0 aromatic carbocycles. The summed E-state index contributed by atoms with van der Waals surface area (Å²) in [6.07, 6.45) is 27.5. The fraction of sp³-hybridized carbons (Fsp3) is 0.422. The first-order valence-electron chi connectivity index (χ1n) is 17.8. The normalized spacial score (nSPS) is 22.5. The highest BCUT2D eigenvalue weighted by Gasteiger charge is 2.37. The van der Waals surface area contributed by atoms with Gasteiger partial charge >= 0.3 is 0 Å². The Morgan fingerprint density at radius 1 is 0.660 bits per heavy atom. The summed E-state index contributed by atoms with van der Waals surface area (Å²) < 4.78 is 0. The third-order valence-electron chi connectivity index (χ3n) is 9.16. The average Bonchev–Trinajstić information content (AvgIpc) is 3.04. The lowest BCUT2D eigenvalue weighted by atomic mass is 9.71. The number of halogens is 2. The van der Waals surface area contributed by atoms with E-state index < -0.39 is 28.6 Å². The third-order valence-corrected chi connectivity index (χ3v) is 9.69. The van der Waals surface area contributed by atoms with E-state index in [-0.39, 0.29) is 28.8 Å². The van der Waals surface area contributed by atoms with E-state index in [1.54, 1.807) is 20.8 Å². The molecule has 0 heterocycles. The topological polar surface area (TPSA) is 109 Å². The van der Waals surface area contributed by atoms with Crippen molar-refractivity contribution in [3.05, 3.63) is 130 Å². The number of hydrogen-bond donors (Lipinski definition) is 2. The summed E-state index contributed by atoms with van der Waals surface area (Å²) in [5.41, 5.74) is 7.16. The van der Waals surface area contributed by atoms with Gasteiger partial charge in [0.05, 0.1) is 0 Å². The van der Waals surface area contributed by atoms with E-state index in [9.17, 15) is 29.4 Å². The largest absolute Gasteiger partial charge is 0.385 e. The lowest BCUT2D eigenvalue weighted by Crippen LogP contribution is -2.35. The van der Waals surface area contributed by atoms with Gasteiger partial charge in [-0.25, -0.2) is 0 Å². The number of Topliss-reactive ketones (excluding diaryl/α,β-unsaturated/α-hetero) is 2. The molecule has 3 unspecified atom stereocenters. The molecular weight excluding hydrogens is 707 g/mol. The van der Waals surface area contributed by atoms with Crippen molar-refractivity contribution in [1.29, 1.82) is 0 Å². The summed E-state index contributed by atoms with van der Waals surface area (Å²) >= 11 is 9.99. The first-order valence-corrected chi connectivity index (χ1v) is 18.6. The van der Waals surface area contributed by atoms with Gasteiger partial charge in [0.15, 0.2) is 11.6 Å². The molecule has 2 aliphatic rings. The van der Waals surface area contributed by atoms with Gasteiger partial charge in [-0.05, 0) is 111 Å². The number of carbonyl (C=O) groups excluding carboxylic acids is 4. The number of rotatable bonds is 13.